The number of Topliss-reactive ketones (excluding diaryl/α,β-unsaturated/α-hetero) is 1. The van der Waals surface area contributed by atoms with Gasteiger partial charge in [-0.3, -0.25) is 4.79 Å². The average Bonchev–Trinajstić information content (AvgIpc) is 3.40. The molecule has 6 heteroatoms. The Kier molecular flexibility index (Phi) is 7.00. The summed E-state index contributed by atoms with van der Waals surface area (Å²) in [7, 11) is 0. The number of esters is 1. The van der Waals surface area contributed by atoms with Gasteiger partial charge in [-0.05, 0) is 55.9 Å². The minimum absolute atomic E-state index is 0.0537. The number of nitrogens with one attached hydrogen (secondary N) is 1. The summed E-state index contributed by atoms with van der Waals surface area (Å²) in [5.41, 5.74) is 4.81. The zero-order valence-electron chi connectivity index (χ0n) is 20.0. The highest BCUT2D eigenvalue weighted by atomic mass is 16.6. The van der Waals surface area contributed by atoms with Gasteiger partial charge in [0.1, 0.15) is 19.0 Å². The SMILES string of the molecule is CC1=C(C(=O)OC[C@@H]2CCCO2)[C@@H](c2ccc(OCc3ccccc3)cc2)C2=C(CCCC2=O)N1. The Morgan fingerprint density at radius 3 is 2.60 bits per heavy atom. The first-order chi connectivity index (χ1) is 17.1. The molecule has 182 valence electrons. The third-order valence-electron chi connectivity index (χ3n) is 6.88. The molecule has 0 radical (unpaired) electrons. The maximum Gasteiger partial charge on any atom is 0.336 e. The van der Waals surface area contributed by atoms with Gasteiger partial charge >= 0.3 is 5.97 Å². The van der Waals surface area contributed by atoms with Crippen molar-refractivity contribution >= 4 is 11.8 Å². The zero-order chi connectivity index (χ0) is 24.2. The maximum absolute atomic E-state index is 13.3. The van der Waals surface area contributed by atoms with Crippen molar-refractivity contribution in [3.8, 4) is 5.75 Å². The van der Waals surface area contributed by atoms with Crippen LogP contribution >= 0.6 is 0 Å². The third kappa shape index (κ3) is 5.17. The second-order valence-electron chi connectivity index (χ2n) is 9.34. The number of hydrogen-bond acceptors (Lipinski definition) is 6. The van der Waals surface area contributed by atoms with Crippen LogP contribution in [0.4, 0.5) is 0 Å². The van der Waals surface area contributed by atoms with Crippen LogP contribution in [0.2, 0.25) is 0 Å². The quantitative estimate of drug-likeness (QED) is 0.574. The van der Waals surface area contributed by atoms with Crippen molar-refractivity contribution in [2.24, 2.45) is 0 Å². The highest BCUT2D eigenvalue weighted by molar-refractivity contribution is 6.03. The van der Waals surface area contributed by atoms with Crippen LogP contribution in [-0.4, -0.2) is 31.1 Å². The number of carbonyl (C=O) groups excluding carboxylic acids is 2. The normalized spacial score (nSPS) is 22.0. The molecule has 6 nitrogen and oxygen atoms in total. The summed E-state index contributed by atoms with van der Waals surface area (Å²) in [4.78, 5) is 26.4. The van der Waals surface area contributed by atoms with Crippen molar-refractivity contribution < 1.29 is 23.8 Å². The van der Waals surface area contributed by atoms with Gasteiger partial charge < -0.3 is 19.5 Å². The van der Waals surface area contributed by atoms with E-state index in [4.69, 9.17) is 14.2 Å². The average molecular weight is 474 g/mol. The molecule has 2 aromatic rings. The van der Waals surface area contributed by atoms with Gasteiger partial charge in [0.25, 0.3) is 0 Å². The molecular weight excluding hydrogens is 442 g/mol. The Balaban J connectivity index is 1.40. The molecule has 2 aromatic carbocycles. The van der Waals surface area contributed by atoms with Crippen LogP contribution in [-0.2, 0) is 25.7 Å². The summed E-state index contributed by atoms with van der Waals surface area (Å²) < 4.78 is 17.3. The number of ether oxygens (including phenoxy) is 3. The zero-order valence-corrected chi connectivity index (χ0v) is 20.0. The molecule has 2 heterocycles. The molecule has 1 aliphatic carbocycles. The van der Waals surface area contributed by atoms with E-state index in [1.807, 2.05) is 61.5 Å². The van der Waals surface area contributed by atoms with Crippen LogP contribution in [0.25, 0.3) is 0 Å². The number of benzene rings is 2. The molecule has 0 aromatic heterocycles. The molecule has 2 aliphatic heterocycles. The minimum atomic E-state index is -0.459. The highest BCUT2D eigenvalue weighted by Gasteiger charge is 2.39. The van der Waals surface area contributed by atoms with Gasteiger partial charge in [0.15, 0.2) is 5.78 Å². The number of ketones is 1. The molecule has 0 bridgehead atoms. The van der Waals surface area contributed by atoms with Crippen LogP contribution in [0, 0.1) is 0 Å². The van der Waals surface area contributed by atoms with E-state index in [1.54, 1.807) is 0 Å². The van der Waals surface area contributed by atoms with Gasteiger partial charge in [0, 0.05) is 35.9 Å². The summed E-state index contributed by atoms with van der Waals surface area (Å²) in [6.45, 7) is 3.29. The Bertz CT molecular complexity index is 1140. The lowest BCUT2D eigenvalue weighted by molar-refractivity contribution is -0.142. The fourth-order valence-corrected chi connectivity index (χ4v) is 5.11. The van der Waals surface area contributed by atoms with Crippen LogP contribution in [0.15, 0.2) is 77.1 Å². The molecule has 1 saturated heterocycles. The van der Waals surface area contributed by atoms with Gasteiger partial charge in [-0.2, -0.15) is 0 Å². The lowest BCUT2D eigenvalue weighted by Gasteiger charge is -2.34. The van der Waals surface area contributed by atoms with Gasteiger partial charge in [0.2, 0.25) is 0 Å². The molecule has 3 aliphatic rings. The van der Waals surface area contributed by atoms with Crippen molar-refractivity contribution in [1.82, 2.24) is 5.32 Å². The summed E-state index contributed by atoms with van der Waals surface area (Å²) in [6, 6.07) is 17.7. The van der Waals surface area contributed by atoms with E-state index < -0.39 is 11.9 Å². The fourth-order valence-electron chi connectivity index (χ4n) is 5.11. The Morgan fingerprint density at radius 2 is 1.86 bits per heavy atom. The van der Waals surface area contributed by atoms with Crippen molar-refractivity contribution in [2.45, 2.75) is 57.7 Å². The summed E-state index contributed by atoms with van der Waals surface area (Å²) in [6.07, 6.45) is 3.93. The van der Waals surface area contributed by atoms with Crippen molar-refractivity contribution in [2.75, 3.05) is 13.2 Å². The number of hydrogen-bond donors (Lipinski definition) is 1. The molecule has 35 heavy (non-hydrogen) atoms. The number of rotatable bonds is 7. The second-order valence-corrected chi connectivity index (χ2v) is 9.34. The maximum atomic E-state index is 13.3. The van der Waals surface area contributed by atoms with Gasteiger partial charge in [-0.1, -0.05) is 42.5 Å². The van der Waals surface area contributed by atoms with Crippen LogP contribution in [0.1, 0.15) is 56.1 Å². The number of carbonyl (C=O) groups is 2. The van der Waals surface area contributed by atoms with Crippen LogP contribution < -0.4 is 10.1 Å². The smallest absolute Gasteiger partial charge is 0.336 e. The topological polar surface area (TPSA) is 73.9 Å². The number of dihydropyridines is 1. The number of allylic oxidation sites excluding steroid dienone is 3. The van der Waals surface area contributed by atoms with Gasteiger partial charge in [-0.25, -0.2) is 4.79 Å². The largest absolute Gasteiger partial charge is 0.489 e. The van der Waals surface area contributed by atoms with E-state index in [-0.39, 0.29) is 18.5 Å². The molecular formula is C29H31NO5. The Hall–Kier alpha value is -3.38. The summed E-state index contributed by atoms with van der Waals surface area (Å²) in [5.74, 6) is -0.0342. The monoisotopic (exact) mass is 473 g/mol. The first kappa shape index (κ1) is 23.4. The predicted molar refractivity (Wildman–Crippen MR) is 132 cm³/mol. The molecule has 1 fully saturated rings. The molecule has 0 unspecified atom stereocenters. The van der Waals surface area contributed by atoms with Crippen LogP contribution in [0.5, 0.6) is 5.75 Å². The lowest BCUT2D eigenvalue weighted by Crippen LogP contribution is -2.35. The van der Waals surface area contributed by atoms with Gasteiger partial charge in [-0.15, -0.1) is 0 Å². The van der Waals surface area contributed by atoms with E-state index >= 15 is 0 Å². The molecule has 5 rings (SSSR count). The van der Waals surface area contributed by atoms with Crippen molar-refractivity contribution in [3.05, 3.63) is 88.3 Å². The van der Waals surface area contributed by atoms with E-state index in [9.17, 15) is 9.59 Å². The van der Waals surface area contributed by atoms with E-state index in [0.29, 0.717) is 30.8 Å². The highest BCUT2D eigenvalue weighted by Crippen LogP contribution is 2.42. The predicted octanol–water partition coefficient (Wildman–Crippen LogP) is 4.96. The molecule has 2 atom stereocenters. The summed E-state index contributed by atoms with van der Waals surface area (Å²) >= 11 is 0. The lowest BCUT2D eigenvalue weighted by atomic mass is 9.75. The van der Waals surface area contributed by atoms with E-state index in [0.717, 1.165) is 54.0 Å². The van der Waals surface area contributed by atoms with E-state index in [2.05, 4.69) is 5.32 Å². The second kappa shape index (κ2) is 10.5. The van der Waals surface area contributed by atoms with Crippen LogP contribution in [0.3, 0.4) is 0 Å². The molecule has 0 amide bonds. The first-order valence-electron chi connectivity index (χ1n) is 12.4. The molecule has 0 spiro atoms. The molecule has 1 N–H and O–H groups in total. The first-order valence-corrected chi connectivity index (χ1v) is 12.4. The minimum Gasteiger partial charge on any atom is -0.489 e. The molecule has 0 saturated carbocycles. The van der Waals surface area contributed by atoms with Crippen molar-refractivity contribution in [1.29, 1.82) is 0 Å². The van der Waals surface area contributed by atoms with E-state index in [1.165, 1.54) is 0 Å². The van der Waals surface area contributed by atoms with Gasteiger partial charge in [0.05, 0.1) is 11.7 Å². The Labute approximate surface area is 206 Å². The third-order valence-corrected chi connectivity index (χ3v) is 6.88. The Morgan fingerprint density at radius 1 is 1.06 bits per heavy atom. The van der Waals surface area contributed by atoms with Crippen molar-refractivity contribution in [3.63, 3.8) is 0 Å². The summed E-state index contributed by atoms with van der Waals surface area (Å²) in [5, 5.41) is 3.34. The standard InChI is InChI=1S/C29H31NO5/c1-19-26(29(32)35-18-23-9-6-16-33-23)27(28-24(30-19)10-5-11-25(28)31)21-12-14-22(15-13-21)34-17-20-7-3-2-4-8-20/h2-4,7-8,12-15,23,27,30H,5-6,9-11,16-18H2,1H3/t23-,27+/m0/s1. The fraction of sp³-hybridized carbons (Fsp3) is 0.379.